The maximum absolute atomic E-state index is 11.4. The molecule has 1 aromatic rings. The third-order valence-electron chi connectivity index (χ3n) is 1.82. The van der Waals surface area contributed by atoms with Crippen LogP contribution in [0.1, 0.15) is 23.7 Å². The first-order chi connectivity index (χ1) is 7.84. The van der Waals surface area contributed by atoms with Gasteiger partial charge in [0.2, 0.25) is 0 Å². The Morgan fingerprint density at radius 2 is 2.12 bits per heavy atom. The van der Waals surface area contributed by atoms with Crippen molar-refractivity contribution in [2.75, 3.05) is 6.61 Å². The largest absolute Gasteiger partial charge is 0.449 e. The molecule has 0 amide bonds. The summed E-state index contributed by atoms with van der Waals surface area (Å²) in [5.41, 5.74) is 0.549. The maximum Gasteiger partial charge on any atom is 0.339 e. The average Bonchev–Trinajstić information content (AvgIpc) is 2.34. The monoisotopic (exact) mass is 214 g/mol. The molecular formula is C14H14O2. The van der Waals surface area contributed by atoms with Crippen LogP contribution in [0.5, 0.6) is 0 Å². The second-order valence-corrected chi connectivity index (χ2v) is 3.07. The summed E-state index contributed by atoms with van der Waals surface area (Å²) in [7, 11) is 0. The summed E-state index contributed by atoms with van der Waals surface area (Å²) in [5.74, 6) is 5.19. The number of carbonyl (C=O) groups excluding carboxylic acids is 1. The van der Waals surface area contributed by atoms with Crippen molar-refractivity contribution in [2.24, 2.45) is 0 Å². The minimum atomic E-state index is -0.339. The second-order valence-electron chi connectivity index (χ2n) is 3.07. The van der Waals surface area contributed by atoms with Gasteiger partial charge in [0.15, 0.2) is 6.61 Å². The van der Waals surface area contributed by atoms with E-state index in [1.54, 1.807) is 30.3 Å². The van der Waals surface area contributed by atoms with Crippen LogP contribution in [0.25, 0.3) is 0 Å². The van der Waals surface area contributed by atoms with Crippen LogP contribution >= 0.6 is 0 Å². The molecule has 0 spiro atoms. The molecule has 0 unspecified atom stereocenters. The highest BCUT2D eigenvalue weighted by molar-refractivity contribution is 5.89. The first-order valence-electron chi connectivity index (χ1n) is 5.20. The van der Waals surface area contributed by atoms with Crippen LogP contribution in [0, 0.1) is 11.8 Å². The molecule has 0 fully saturated rings. The molecule has 1 rings (SSSR count). The lowest BCUT2D eigenvalue weighted by molar-refractivity contribution is 0.0556. The Morgan fingerprint density at radius 1 is 1.38 bits per heavy atom. The van der Waals surface area contributed by atoms with Gasteiger partial charge in [-0.2, -0.15) is 0 Å². The van der Waals surface area contributed by atoms with Gasteiger partial charge in [-0.15, -0.1) is 0 Å². The van der Waals surface area contributed by atoms with E-state index in [0.29, 0.717) is 5.56 Å². The maximum atomic E-state index is 11.4. The number of rotatable bonds is 3. The highest BCUT2D eigenvalue weighted by atomic mass is 16.5. The van der Waals surface area contributed by atoms with Crippen LogP contribution in [0.3, 0.4) is 0 Å². The molecule has 0 saturated heterocycles. The zero-order chi connectivity index (χ0) is 11.6. The molecule has 0 heterocycles. The van der Waals surface area contributed by atoms with Gasteiger partial charge >= 0.3 is 5.97 Å². The number of ether oxygens (including phenoxy) is 1. The van der Waals surface area contributed by atoms with E-state index < -0.39 is 0 Å². The molecule has 16 heavy (non-hydrogen) atoms. The Morgan fingerprint density at radius 3 is 2.81 bits per heavy atom. The van der Waals surface area contributed by atoms with Gasteiger partial charge in [0.25, 0.3) is 0 Å². The van der Waals surface area contributed by atoms with Crippen LogP contribution in [-0.2, 0) is 4.74 Å². The van der Waals surface area contributed by atoms with Gasteiger partial charge in [0, 0.05) is 0 Å². The molecule has 0 atom stereocenters. The molecule has 0 bridgehead atoms. The highest BCUT2D eigenvalue weighted by Crippen LogP contribution is 2.00. The van der Waals surface area contributed by atoms with Crippen molar-refractivity contribution in [1.82, 2.24) is 0 Å². The second kappa shape index (κ2) is 7.30. The van der Waals surface area contributed by atoms with E-state index in [0.717, 1.165) is 6.42 Å². The van der Waals surface area contributed by atoms with Gasteiger partial charge in [-0.05, 0) is 24.6 Å². The summed E-state index contributed by atoms with van der Waals surface area (Å²) < 4.78 is 4.96. The zero-order valence-corrected chi connectivity index (χ0v) is 9.27. The SMILES string of the molecule is CC/C=C\C#CCOC(=O)c1ccccc1. The van der Waals surface area contributed by atoms with Crippen LogP contribution in [0.15, 0.2) is 42.5 Å². The minimum absolute atomic E-state index is 0.127. The Hall–Kier alpha value is -2.01. The van der Waals surface area contributed by atoms with Crippen molar-refractivity contribution in [2.45, 2.75) is 13.3 Å². The van der Waals surface area contributed by atoms with E-state index in [9.17, 15) is 4.79 Å². The molecule has 0 N–H and O–H groups in total. The molecule has 0 saturated carbocycles. The fraction of sp³-hybridized carbons (Fsp3) is 0.214. The highest BCUT2D eigenvalue weighted by Gasteiger charge is 2.03. The van der Waals surface area contributed by atoms with E-state index in [4.69, 9.17) is 4.74 Å². The first-order valence-corrected chi connectivity index (χ1v) is 5.20. The minimum Gasteiger partial charge on any atom is -0.449 e. The molecule has 0 aliphatic rings. The molecule has 2 heteroatoms. The summed E-state index contributed by atoms with van der Waals surface area (Å²) in [6.07, 6.45) is 4.67. The molecular weight excluding hydrogens is 200 g/mol. The molecule has 2 nitrogen and oxygen atoms in total. The normalized spacial score (nSPS) is 9.56. The van der Waals surface area contributed by atoms with E-state index in [-0.39, 0.29) is 12.6 Å². The number of carbonyl (C=O) groups is 1. The predicted molar refractivity (Wildman–Crippen MR) is 63.9 cm³/mol. The summed E-state index contributed by atoms with van der Waals surface area (Å²) >= 11 is 0. The number of allylic oxidation sites excluding steroid dienone is 2. The summed E-state index contributed by atoms with van der Waals surface area (Å²) in [6, 6.07) is 8.88. The third-order valence-corrected chi connectivity index (χ3v) is 1.82. The Bertz CT molecular complexity index is 407. The number of esters is 1. The van der Waals surface area contributed by atoms with Crippen LogP contribution in [-0.4, -0.2) is 12.6 Å². The van der Waals surface area contributed by atoms with Crippen molar-refractivity contribution in [1.29, 1.82) is 0 Å². The number of hydrogen-bond donors (Lipinski definition) is 0. The van der Waals surface area contributed by atoms with Gasteiger partial charge in [0.1, 0.15) is 0 Å². The van der Waals surface area contributed by atoms with Gasteiger partial charge in [-0.25, -0.2) is 4.79 Å². The van der Waals surface area contributed by atoms with Crippen molar-refractivity contribution in [3.8, 4) is 11.8 Å². The Labute approximate surface area is 95.9 Å². The molecule has 0 radical (unpaired) electrons. The standard InChI is InChI=1S/C14H14O2/c1-2-3-4-5-9-12-16-14(15)13-10-7-6-8-11-13/h3-4,6-8,10-11H,2,12H2,1H3/b4-3-. The zero-order valence-electron chi connectivity index (χ0n) is 9.27. The van der Waals surface area contributed by atoms with E-state index >= 15 is 0 Å². The van der Waals surface area contributed by atoms with Crippen molar-refractivity contribution in [3.05, 3.63) is 48.0 Å². The smallest absolute Gasteiger partial charge is 0.339 e. The first kappa shape index (κ1) is 12.1. The van der Waals surface area contributed by atoms with E-state index in [2.05, 4.69) is 11.8 Å². The lowest BCUT2D eigenvalue weighted by Gasteiger charge is -1.99. The summed E-state index contributed by atoms with van der Waals surface area (Å²) in [4.78, 5) is 11.4. The Balaban J connectivity index is 2.36. The van der Waals surface area contributed by atoms with Gasteiger partial charge in [-0.3, -0.25) is 0 Å². The molecule has 0 aliphatic heterocycles. The fourth-order valence-corrected chi connectivity index (χ4v) is 1.04. The van der Waals surface area contributed by atoms with Crippen molar-refractivity contribution in [3.63, 3.8) is 0 Å². The van der Waals surface area contributed by atoms with Crippen LogP contribution in [0.4, 0.5) is 0 Å². The van der Waals surface area contributed by atoms with Gasteiger partial charge in [0.05, 0.1) is 5.56 Å². The molecule has 0 aliphatic carbocycles. The van der Waals surface area contributed by atoms with E-state index in [1.165, 1.54) is 0 Å². The van der Waals surface area contributed by atoms with Gasteiger partial charge < -0.3 is 4.74 Å². The Kier molecular flexibility index (Phi) is 5.51. The molecule has 1 aromatic carbocycles. The predicted octanol–water partition coefficient (Wildman–Crippen LogP) is 2.81. The quantitative estimate of drug-likeness (QED) is 0.571. The van der Waals surface area contributed by atoms with E-state index in [1.807, 2.05) is 19.1 Å². The molecule has 82 valence electrons. The summed E-state index contributed by atoms with van der Waals surface area (Å²) in [5, 5.41) is 0. The van der Waals surface area contributed by atoms with Crippen LogP contribution in [0.2, 0.25) is 0 Å². The lowest BCUT2D eigenvalue weighted by atomic mass is 10.2. The summed E-state index contributed by atoms with van der Waals surface area (Å²) in [6.45, 7) is 2.16. The molecule has 0 aromatic heterocycles. The van der Waals surface area contributed by atoms with Crippen molar-refractivity contribution < 1.29 is 9.53 Å². The lowest BCUT2D eigenvalue weighted by Crippen LogP contribution is -2.04. The van der Waals surface area contributed by atoms with Crippen molar-refractivity contribution >= 4 is 5.97 Å². The third kappa shape index (κ3) is 4.47. The van der Waals surface area contributed by atoms with Crippen LogP contribution < -0.4 is 0 Å². The average molecular weight is 214 g/mol. The van der Waals surface area contributed by atoms with Gasteiger partial charge in [-0.1, -0.05) is 43.0 Å². The topological polar surface area (TPSA) is 26.3 Å². The number of hydrogen-bond acceptors (Lipinski definition) is 2. The number of benzene rings is 1. The fourth-order valence-electron chi connectivity index (χ4n) is 1.04.